The van der Waals surface area contributed by atoms with Gasteiger partial charge in [0, 0.05) is 11.6 Å². The molecule has 0 unspecified atom stereocenters. The normalized spacial score (nSPS) is 14.7. The Balaban J connectivity index is 1.55. The fourth-order valence-electron chi connectivity index (χ4n) is 3.53. The van der Waals surface area contributed by atoms with Crippen molar-refractivity contribution in [1.82, 2.24) is 5.32 Å². The lowest BCUT2D eigenvalue weighted by Crippen LogP contribution is -2.54. The summed E-state index contributed by atoms with van der Waals surface area (Å²) in [6.45, 7) is 2.40. The van der Waals surface area contributed by atoms with Gasteiger partial charge in [0.2, 0.25) is 0 Å². The third-order valence-corrected chi connectivity index (χ3v) is 5.46. The Bertz CT molecular complexity index is 1300. The lowest BCUT2D eigenvalue weighted by atomic mass is 10.1. The van der Waals surface area contributed by atoms with E-state index >= 15 is 0 Å². The molecule has 0 bridgehead atoms. The van der Waals surface area contributed by atoms with Gasteiger partial charge in [-0.1, -0.05) is 29.8 Å². The van der Waals surface area contributed by atoms with Crippen LogP contribution in [-0.2, 0) is 16.2 Å². The summed E-state index contributed by atoms with van der Waals surface area (Å²) >= 11 is 0. The minimum atomic E-state index is -0.827. The SMILES string of the molecule is COc1ccc(C=C2C(=O)NC(=O)N(c3ccc(OCc4ccc(C)cc4)cc3)C2=O)c(OC)c1. The average molecular weight is 472 g/mol. The molecule has 8 heteroatoms. The van der Waals surface area contributed by atoms with E-state index in [2.05, 4.69) is 5.32 Å². The molecule has 0 aliphatic carbocycles. The summed E-state index contributed by atoms with van der Waals surface area (Å²) in [5.74, 6) is 0.0204. The molecule has 1 fully saturated rings. The minimum Gasteiger partial charge on any atom is -0.497 e. The minimum absolute atomic E-state index is 0.201. The van der Waals surface area contributed by atoms with Gasteiger partial charge in [0.15, 0.2) is 0 Å². The molecule has 1 aliphatic rings. The third-order valence-electron chi connectivity index (χ3n) is 5.46. The first-order chi connectivity index (χ1) is 16.9. The average Bonchev–Trinajstić information content (AvgIpc) is 2.87. The number of benzene rings is 3. The first-order valence-corrected chi connectivity index (χ1v) is 10.8. The molecule has 35 heavy (non-hydrogen) atoms. The lowest BCUT2D eigenvalue weighted by molar-refractivity contribution is -0.122. The van der Waals surface area contributed by atoms with Crippen molar-refractivity contribution in [3.8, 4) is 17.2 Å². The molecule has 0 saturated carbocycles. The van der Waals surface area contributed by atoms with Crippen molar-refractivity contribution in [3.05, 3.63) is 89.0 Å². The van der Waals surface area contributed by atoms with Gasteiger partial charge in [-0.15, -0.1) is 0 Å². The van der Waals surface area contributed by atoms with Crippen LogP contribution in [0.25, 0.3) is 6.08 Å². The number of hydrogen-bond acceptors (Lipinski definition) is 6. The van der Waals surface area contributed by atoms with E-state index in [1.54, 1.807) is 42.5 Å². The van der Waals surface area contributed by atoms with Crippen LogP contribution in [0.5, 0.6) is 17.2 Å². The number of barbiturate groups is 1. The highest BCUT2D eigenvalue weighted by Crippen LogP contribution is 2.29. The van der Waals surface area contributed by atoms with Crippen molar-refractivity contribution in [2.45, 2.75) is 13.5 Å². The van der Waals surface area contributed by atoms with Gasteiger partial charge in [-0.3, -0.25) is 14.9 Å². The maximum absolute atomic E-state index is 13.2. The molecular weight excluding hydrogens is 448 g/mol. The van der Waals surface area contributed by atoms with Crippen molar-refractivity contribution in [2.24, 2.45) is 0 Å². The highest BCUT2D eigenvalue weighted by molar-refractivity contribution is 6.39. The van der Waals surface area contributed by atoms with Crippen LogP contribution in [0.3, 0.4) is 0 Å². The molecule has 0 aromatic heterocycles. The molecule has 3 aromatic rings. The number of aryl methyl sites for hydroxylation is 1. The van der Waals surface area contributed by atoms with Crippen LogP contribution in [0.1, 0.15) is 16.7 Å². The zero-order valence-electron chi connectivity index (χ0n) is 19.5. The Kier molecular flexibility index (Phi) is 6.82. The van der Waals surface area contributed by atoms with Crippen molar-refractivity contribution in [1.29, 1.82) is 0 Å². The molecule has 1 heterocycles. The van der Waals surface area contributed by atoms with E-state index in [1.807, 2.05) is 31.2 Å². The first kappa shape index (κ1) is 23.6. The Labute approximate surface area is 202 Å². The molecule has 0 radical (unpaired) electrons. The van der Waals surface area contributed by atoms with E-state index in [4.69, 9.17) is 14.2 Å². The highest BCUT2D eigenvalue weighted by Gasteiger charge is 2.37. The van der Waals surface area contributed by atoms with Gasteiger partial charge < -0.3 is 14.2 Å². The van der Waals surface area contributed by atoms with Gasteiger partial charge in [0.25, 0.3) is 11.8 Å². The number of urea groups is 1. The molecule has 1 saturated heterocycles. The predicted octanol–water partition coefficient (Wildman–Crippen LogP) is 4.26. The fraction of sp³-hybridized carbons (Fsp3) is 0.148. The van der Waals surface area contributed by atoms with Crippen LogP contribution >= 0.6 is 0 Å². The molecule has 4 amide bonds. The molecule has 1 N–H and O–H groups in total. The summed E-state index contributed by atoms with van der Waals surface area (Å²) in [4.78, 5) is 39.1. The van der Waals surface area contributed by atoms with Gasteiger partial charge in [-0.05, 0) is 55.0 Å². The predicted molar refractivity (Wildman–Crippen MR) is 131 cm³/mol. The second kappa shape index (κ2) is 10.1. The largest absolute Gasteiger partial charge is 0.497 e. The topological polar surface area (TPSA) is 94.2 Å². The smallest absolute Gasteiger partial charge is 0.335 e. The molecule has 0 atom stereocenters. The number of imide groups is 2. The second-order valence-corrected chi connectivity index (χ2v) is 7.83. The monoisotopic (exact) mass is 472 g/mol. The number of rotatable bonds is 7. The van der Waals surface area contributed by atoms with Crippen LogP contribution in [0, 0.1) is 6.92 Å². The molecule has 0 spiro atoms. The van der Waals surface area contributed by atoms with Crippen LogP contribution in [-0.4, -0.2) is 32.1 Å². The first-order valence-electron chi connectivity index (χ1n) is 10.8. The van der Waals surface area contributed by atoms with Crippen molar-refractivity contribution in [2.75, 3.05) is 19.1 Å². The number of ether oxygens (including phenoxy) is 3. The summed E-state index contributed by atoms with van der Waals surface area (Å²) in [6.07, 6.45) is 1.38. The van der Waals surface area contributed by atoms with E-state index in [9.17, 15) is 14.4 Å². The van der Waals surface area contributed by atoms with Crippen molar-refractivity contribution < 1.29 is 28.6 Å². The molecular formula is C27H24N2O6. The summed E-state index contributed by atoms with van der Waals surface area (Å²) in [5.41, 5.74) is 2.77. The fourth-order valence-corrected chi connectivity index (χ4v) is 3.53. The number of amides is 4. The van der Waals surface area contributed by atoms with Gasteiger partial charge in [-0.25, -0.2) is 9.69 Å². The molecule has 1 aliphatic heterocycles. The Hall–Kier alpha value is -4.59. The number of nitrogens with one attached hydrogen (secondary N) is 1. The maximum Gasteiger partial charge on any atom is 0.335 e. The lowest BCUT2D eigenvalue weighted by Gasteiger charge is -2.26. The second-order valence-electron chi connectivity index (χ2n) is 7.83. The van der Waals surface area contributed by atoms with E-state index in [0.29, 0.717) is 35.1 Å². The molecule has 8 nitrogen and oxygen atoms in total. The quantitative estimate of drug-likeness (QED) is 0.408. The van der Waals surface area contributed by atoms with Gasteiger partial charge in [0.1, 0.15) is 29.4 Å². The van der Waals surface area contributed by atoms with Gasteiger partial charge in [0.05, 0.1) is 19.9 Å². The summed E-state index contributed by atoms with van der Waals surface area (Å²) in [5, 5.41) is 2.22. The van der Waals surface area contributed by atoms with E-state index < -0.39 is 17.8 Å². The van der Waals surface area contributed by atoms with E-state index in [0.717, 1.165) is 10.5 Å². The summed E-state index contributed by atoms with van der Waals surface area (Å²) < 4.78 is 16.3. The van der Waals surface area contributed by atoms with Gasteiger partial charge in [-0.2, -0.15) is 0 Å². The Morgan fingerprint density at radius 2 is 1.54 bits per heavy atom. The zero-order valence-corrected chi connectivity index (χ0v) is 19.5. The Morgan fingerprint density at radius 3 is 2.20 bits per heavy atom. The van der Waals surface area contributed by atoms with Crippen LogP contribution in [0.2, 0.25) is 0 Å². The van der Waals surface area contributed by atoms with Crippen LogP contribution in [0.15, 0.2) is 72.3 Å². The zero-order chi connectivity index (χ0) is 24.9. The highest BCUT2D eigenvalue weighted by atomic mass is 16.5. The standard InChI is InChI=1S/C27H24N2O6/c1-17-4-6-18(7-5-17)16-35-21-12-9-20(10-13-21)29-26(31)23(25(30)28-27(29)32)14-19-8-11-22(33-2)15-24(19)34-3/h4-15H,16H2,1-3H3,(H,28,30,32). The molecule has 3 aromatic carbocycles. The maximum atomic E-state index is 13.2. The van der Waals surface area contributed by atoms with Crippen LogP contribution in [0.4, 0.5) is 10.5 Å². The van der Waals surface area contributed by atoms with E-state index in [-0.39, 0.29) is 5.57 Å². The molecule has 4 rings (SSSR count). The third kappa shape index (κ3) is 5.16. The van der Waals surface area contributed by atoms with Gasteiger partial charge >= 0.3 is 6.03 Å². The molecule has 178 valence electrons. The number of carbonyl (C=O) groups is 3. The van der Waals surface area contributed by atoms with Crippen molar-refractivity contribution >= 4 is 29.6 Å². The summed E-state index contributed by atoms with van der Waals surface area (Å²) in [7, 11) is 2.99. The number of carbonyl (C=O) groups excluding carboxylic acids is 3. The number of methoxy groups -OCH3 is 2. The number of nitrogens with zero attached hydrogens (tertiary/aromatic N) is 1. The number of anilines is 1. The van der Waals surface area contributed by atoms with E-state index in [1.165, 1.54) is 25.9 Å². The summed E-state index contributed by atoms with van der Waals surface area (Å²) in [6, 6.07) is 18.6. The number of hydrogen-bond donors (Lipinski definition) is 1. The van der Waals surface area contributed by atoms with Crippen molar-refractivity contribution in [3.63, 3.8) is 0 Å². The Morgan fingerprint density at radius 1 is 0.857 bits per heavy atom. The van der Waals surface area contributed by atoms with Crippen LogP contribution < -0.4 is 24.4 Å².